The van der Waals surface area contributed by atoms with E-state index in [-0.39, 0.29) is 5.56 Å². The Morgan fingerprint density at radius 1 is 1.26 bits per heavy atom. The molecule has 0 atom stereocenters. The van der Waals surface area contributed by atoms with Crippen molar-refractivity contribution in [1.29, 1.82) is 0 Å². The molecule has 0 bridgehead atoms. The third-order valence-corrected chi connectivity index (χ3v) is 4.39. The standard InChI is InChI=1S/C16H18N4O2S/c1-10(2)8-14-18-13(19-22-14)9-23-16-17-12-7-5-4-6-11(12)15(21)20(16)3/h4-7,10H,8-9H2,1-3H3. The molecule has 1 aromatic carbocycles. The van der Waals surface area contributed by atoms with Gasteiger partial charge in [0.1, 0.15) is 0 Å². The lowest BCUT2D eigenvalue weighted by Gasteiger charge is -2.07. The largest absolute Gasteiger partial charge is 0.339 e. The van der Waals surface area contributed by atoms with E-state index in [1.165, 1.54) is 11.8 Å². The Morgan fingerprint density at radius 2 is 2.04 bits per heavy atom. The van der Waals surface area contributed by atoms with E-state index in [0.717, 1.165) is 6.42 Å². The number of para-hydroxylation sites is 1. The van der Waals surface area contributed by atoms with Gasteiger partial charge >= 0.3 is 0 Å². The van der Waals surface area contributed by atoms with Gasteiger partial charge in [0.25, 0.3) is 5.56 Å². The van der Waals surface area contributed by atoms with Crippen LogP contribution in [0.2, 0.25) is 0 Å². The fourth-order valence-corrected chi connectivity index (χ4v) is 3.05. The highest BCUT2D eigenvalue weighted by molar-refractivity contribution is 7.98. The van der Waals surface area contributed by atoms with Crippen molar-refractivity contribution in [2.75, 3.05) is 0 Å². The molecule has 2 heterocycles. The van der Waals surface area contributed by atoms with Crippen LogP contribution < -0.4 is 5.56 Å². The van der Waals surface area contributed by atoms with E-state index in [4.69, 9.17) is 4.52 Å². The van der Waals surface area contributed by atoms with Crippen LogP contribution in [0.15, 0.2) is 38.7 Å². The van der Waals surface area contributed by atoms with Crippen LogP contribution in [0.5, 0.6) is 0 Å². The number of thioether (sulfide) groups is 1. The van der Waals surface area contributed by atoms with Crippen molar-refractivity contribution in [3.8, 4) is 0 Å². The van der Waals surface area contributed by atoms with Crippen LogP contribution in [0.25, 0.3) is 10.9 Å². The molecule has 23 heavy (non-hydrogen) atoms. The molecule has 0 aliphatic rings. The first-order valence-corrected chi connectivity index (χ1v) is 8.43. The summed E-state index contributed by atoms with van der Waals surface area (Å²) in [5.41, 5.74) is 0.651. The summed E-state index contributed by atoms with van der Waals surface area (Å²) in [6.07, 6.45) is 0.768. The monoisotopic (exact) mass is 330 g/mol. The van der Waals surface area contributed by atoms with Crippen LogP contribution in [0.3, 0.4) is 0 Å². The third-order valence-electron chi connectivity index (χ3n) is 3.37. The van der Waals surface area contributed by atoms with Crippen LogP contribution in [-0.2, 0) is 19.2 Å². The molecule has 3 rings (SSSR count). The molecule has 120 valence electrons. The molecular weight excluding hydrogens is 312 g/mol. The molecule has 0 saturated carbocycles. The zero-order valence-electron chi connectivity index (χ0n) is 13.3. The Kier molecular flexibility index (Phi) is 4.47. The van der Waals surface area contributed by atoms with Gasteiger partial charge < -0.3 is 4.52 Å². The normalized spacial score (nSPS) is 11.5. The minimum atomic E-state index is -0.0493. The number of benzene rings is 1. The van der Waals surface area contributed by atoms with Crippen LogP contribution in [-0.4, -0.2) is 19.7 Å². The zero-order valence-corrected chi connectivity index (χ0v) is 14.1. The number of rotatable bonds is 5. The van der Waals surface area contributed by atoms with Gasteiger partial charge in [0.05, 0.1) is 16.7 Å². The number of fused-ring (bicyclic) bond motifs is 1. The average Bonchev–Trinajstić information content (AvgIpc) is 2.96. The highest BCUT2D eigenvalue weighted by Crippen LogP contribution is 2.20. The fourth-order valence-electron chi connectivity index (χ4n) is 2.24. The highest BCUT2D eigenvalue weighted by Gasteiger charge is 2.12. The van der Waals surface area contributed by atoms with Crippen LogP contribution in [0.1, 0.15) is 25.6 Å². The lowest BCUT2D eigenvalue weighted by atomic mass is 10.1. The topological polar surface area (TPSA) is 73.8 Å². The molecule has 6 nitrogen and oxygen atoms in total. The quantitative estimate of drug-likeness (QED) is 0.529. The van der Waals surface area contributed by atoms with Crippen molar-refractivity contribution < 1.29 is 4.52 Å². The summed E-state index contributed by atoms with van der Waals surface area (Å²) in [4.78, 5) is 21.3. The second kappa shape index (κ2) is 6.54. The van der Waals surface area contributed by atoms with E-state index < -0.39 is 0 Å². The fraction of sp³-hybridized carbons (Fsp3) is 0.375. The van der Waals surface area contributed by atoms with Crippen molar-refractivity contribution in [1.82, 2.24) is 19.7 Å². The summed E-state index contributed by atoms with van der Waals surface area (Å²) in [7, 11) is 1.73. The van der Waals surface area contributed by atoms with Gasteiger partial charge in [-0.05, 0) is 18.1 Å². The van der Waals surface area contributed by atoms with Crippen LogP contribution in [0, 0.1) is 5.92 Å². The molecule has 3 aromatic rings. The number of nitrogens with zero attached hydrogens (tertiary/aromatic N) is 4. The van der Waals surface area contributed by atoms with Crippen molar-refractivity contribution in [2.45, 2.75) is 31.2 Å². The molecule has 7 heteroatoms. The predicted molar refractivity (Wildman–Crippen MR) is 89.4 cm³/mol. The summed E-state index contributed by atoms with van der Waals surface area (Å²) in [6.45, 7) is 4.21. The van der Waals surface area contributed by atoms with E-state index in [9.17, 15) is 4.79 Å². The third kappa shape index (κ3) is 3.44. The molecule has 0 spiro atoms. The van der Waals surface area contributed by atoms with Crippen molar-refractivity contribution in [3.63, 3.8) is 0 Å². The molecule has 0 aliphatic heterocycles. The van der Waals surface area contributed by atoms with Gasteiger partial charge in [-0.2, -0.15) is 4.98 Å². The van der Waals surface area contributed by atoms with Gasteiger partial charge in [-0.3, -0.25) is 9.36 Å². The van der Waals surface area contributed by atoms with Crippen molar-refractivity contribution in [3.05, 3.63) is 46.3 Å². The van der Waals surface area contributed by atoms with Crippen molar-refractivity contribution in [2.24, 2.45) is 13.0 Å². The Hall–Kier alpha value is -2.15. The van der Waals surface area contributed by atoms with Gasteiger partial charge in [0.15, 0.2) is 11.0 Å². The van der Waals surface area contributed by atoms with E-state index in [0.29, 0.717) is 39.4 Å². The highest BCUT2D eigenvalue weighted by atomic mass is 32.2. The maximum absolute atomic E-state index is 12.3. The second-order valence-corrected chi connectivity index (χ2v) is 6.71. The summed E-state index contributed by atoms with van der Waals surface area (Å²) >= 11 is 1.43. The van der Waals surface area contributed by atoms with E-state index in [1.54, 1.807) is 17.7 Å². The van der Waals surface area contributed by atoms with Crippen LogP contribution in [0.4, 0.5) is 0 Å². The maximum Gasteiger partial charge on any atom is 0.261 e. The Labute approximate surface area is 137 Å². The zero-order chi connectivity index (χ0) is 16.4. The Balaban J connectivity index is 1.80. The first-order chi connectivity index (χ1) is 11.0. The molecule has 0 amide bonds. The number of aromatic nitrogens is 4. The lowest BCUT2D eigenvalue weighted by Crippen LogP contribution is -2.19. The van der Waals surface area contributed by atoms with E-state index >= 15 is 0 Å². The second-order valence-electron chi connectivity index (χ2n) is 5.77. The molecule has 0 saturated heterocycles. The van der Waals surface area contributed by atoms with Gasteiger partial charge in [-0.15, -0.1) is 0 Å². The molecular formula is C16H18N4O2S. The minimum absolute atomic E-state index is 0.0493. The molecule has 0 unspecified atom stereocenters. The molecule has 0 radical (unpaired) electrons. The summed E-state index contributed by atoms with van der Waals surface area (Å²) < 4.78 is 6.78. The summed E-state index contributed by atoms with van der Waals surface area (Å²) in [5.74, 6) is 2.25. The predicted octanol–water partition coefficient (Wildman–Crippen LogP) is 2.81. The first kappa shape index (κ1) is 15.7. The number of hydrogen-bond donors (Lipinski definition) is 0. The first-order valence-electron chi connectivity index (χ1n) is 7.44. The van der Waals surface area contributed by atoms with Gasteiger partial charge in [0, 0.05) is 13.5 Å². The SMILES string of the molecule is CC(C)Cc1nc(CSc2nc3ccccc3c(=O)n2C)no1. The van der Waals surface area contributed by atoms with E-state index in [2.05, 4.69) is 29.0 Å². The molecule has 0 aliphatic carbocycles. The molecule has 0 N–H and O–H groups in total. The maximum atomic E-state index is 12.3. The Bertz CT molecular complexity index is 885. The molecule has 0 fully saturated rings. The van der Waals surface area contributed by atoms with Gasteiger partial charge in [-0.25, -0.2) is 4.98 Å². The Morgan fingerprint density at radius 3 is 2.83 bits per heavy atom. The minimum Gasteiger partial charge on any atom is -0.339 e. The van der Waals surface area contributed by atoms with E-state index in [1.807, 2.05) is 18.2 Å². The molecule has 2 aromatic heterocycles. The lowest BCUT2D eigenvalue weighted by molar-refractivity contribution is 0.360. The van der Waals surface area contributed by atoms with Gasteiger partial charge in [-0.1, -0.05) is 42.9 Å². The van der Waals surface area contributed by atoms with Crippen molar-refractivity contribution >= 4 is 22.7 Å². The summed E-state index contributed by atoms with van der Waals surface area (Å²) in [5, 5.41) is 5.24. The number of hydrogen-bond acceptors (Lipinski definition) is 6. The van der Waals surface area contributed by atoms with Crippen LogP contribution >= 0.6 is 11.8 Å². The average molecular weight is 330 g/mol. The smallest absolute Gasteiger partial charge is 0.261 e. The van der Waals surface area contributed by atoms with Gasteiger partial charge in [0.2, 0.25) is 5.89 Å². The summed E-state index contributed by atoms with van der Waals surface area (Å²) in [6, 6.07) is 7.35.